The molecule has 2 aliphatic rings. The highest BCUT2D eigenvalue weighted by molar-refractivity contribution is 5.18. The number of nitrogens with zero attached hydrogens (tertiary/aromatic N) is 1. The summed E-state index contributed by atoms with van der Waals surface area (Å²) in [5.41, 5.74) is 1.20. The monoisotopic (exact) mass is 183 g/mol. The fraction of sp³-hybridized carbons (Fsp3) is 0.800. The Labute approximate surface area is 79.0 Å². The van der Waals surface area contributed by atoms with Crippen LogP contribution in [-0.4, -0.2) is 48.5 Å². The lowest BCUT2D eigenvalue weighted by Gasteiger charge is -2.28. The number of rotatable bonds is 2. The average Bonchev–Trinajstić information content (AvgIpc) is 2.57. The SMILES string of the molecule is C=C1CN2C[C@@H](OC)CC2(CO)C1. The highest BCUT2D eigenvalue weighted by Gasteiger charge is 2.49. The van der Waals surface area contributed by atoms with E-state index in [4.69, 9.17) is 4.74 Å². The van der Waals surface area contributed by atoms with Crippen molar-refractivity contribution >= 4 is 0 Å². The van der Waals surface area contributed by atoms with Gasteiger partial charge >= 0.3 is 0 Å². The summed E-state index contributed by atoms with van der Waals surface area (Å²) in [6, 6.07) is 0. The molecule has 74 valence electrons. The van der Waals surface area contributed by atoms with E-state index < -0.39 is 0 Å². The Morgan fingerprint density at radius 2 is 2.54 bits per heavy atom. The lowest BCUT2D eigenvalue weighted by molar-refractivity contribution is 0.0951. The van der Waals surface area contributed by atoms with E-state index in [9.17, 15) is 5.11 Å². The Morgan fingerprint density at radius 1 is 1.77 bits per heavy atom. The van der Waals surface area contributed by atoms with E-state index >= 15 is 0 Å². The number of fused-ring (bicyclic) bond motifs is 1. The van der Waals surface area contributed by atoms with E-state index in [-0.39, 0.29) is 12.1 Å². The van der Waals surface area contributed by atoms with Gasteiger partial charge in [-0.3, -0.25) is 4.90 Å². The number of aliphatic hydroxyl groups is 1. The second-order valence-corrected chi connectivity index (χ2v) is 4.25. The van der Waals surface area contributed by atoms with Crippen LogP contribution < -0.4 is 0 Å². The van der Waals surface area contributed by atoms with Crippen molar-refractivity contribution in [3.05, 3.63) is 12.2 Å². The average molecular weight is 183 g/mol. The van der Waals surface area contributed by atoms with Crippen LogP contribution in [-0.2, 0) is 4.74 Å². The maximum Gasteiger partial charge on any atom is 0.0717 e. The van der Waals surface area contributed by atoms with E-state index in [0.29, 0.717) is 6.10 Å². The minimum Gasteiger partial charge on any atom is -0.394 e. The van der Waals surface area contributed by atoms with Crippen LogP contribution in [0, 0.1) is 0 Å². The first-order chi connectivity index (χ1) is 6.20. The minimum atomic E-state index is -0.0439. The number of aliphatic hydroxyl groups excluding tert-OH is 1. The molecule has 3 nitrogen and oxygen atoms in total. The Kier molecular flexibility index (Phi) is 2.18. The second kappa shape index (κ2) is 3.08. The minimum absolute atomic E-state index is 0.0439. The van der Waals surface area contributed by atoms with Crippen LogP contribution in [0.2, 0.25) is 0 Å². The zero-order valence-corrected chi connectivity index (χ0v) is 8.12. The molecule has 2 fully saturated rings. The number of hydrogen-bond donors (Lipinski definition) is 1. The van der Waals surface area contributed by atoms with Crippen LogP contribution >= 0.6 is 0 Å². The van der Waals surface area contributed by atoms with Crippen molar-refractivity contribution in [2.75, 3.05) is 26.8 Å². The van der Waals surface area contributed by atoms with Crippen molar-refractivity contribution in [2.45, 2.75) is 24.5 Å². The molecule has 1 unspecified atom stereocenters. The van der Waals surface area contributed by atoms with Crippen molar-refractivity contribution in [3.8, 4) is 0 Å². The molecule has 0 aromatic rings. The smallest absolute Gasteiger partial charge is 0.0717 e. The van der Waals surface area contributed by atoms with Gasteiger partial charge in [0.25, 0.3) is 0 Å². The van der Waals surface area contributed by atoms with Crippen LogP contribution in [0.5, 0.6) is 0 Å². The van der Waals surface area contributed by atoms with E-state index in [1.165, 1.54) is 5.57 Å². The fourth-order valence-corrected chi connectivity index (χ4v) is 2.64. The normalized spacial score (nSPS) is 39.8. The summed E-state index contributed by atoms with van der Waals surface area (Å²) >= 11 is 0. The predicted octanol–water partition coefficient (Wildman–Crippen LogP) is 0.398. The maximum atomic E-state index is 9.42. The standard InChI is InChI=1S/C10H17NO2/c1-8-3-10(7-12)4-9(13-2)6-11(10)5-8/h9,12H,1,3-7H2,2H3/t9-,10?/m0/s1. The van der Waals surface area contributed by atoms with Crippen LogP contribution in [0.4, 0.5) is 0 Å². The Hall–Kier alpha value is -0.380. The molecule has 2 aliphatic heterocycles. The summed E-state index contributed by atoms with van der Waals surface area (Å²) < 4.78 is 5.33. The van der Waals surface area contributed by atoms with E-state index in [0.717, 1.165) is 25.9 Å². The molecule has 0 amide bonds. The molecular weight excluding hydrogens is 166 g/mol. The highest BCUT2D eigenvalue weighted by Crippen LogP contribution is 2.41. The number of methoxy groups -OCH3 is 1. The number of hydrogen-bond acceptors (Lipinski definition) is 3. The molecule has 2 saturated heterocycles. The van der Waals surface area contributed by atoms with Gasteiger partial charge in [-0.25, -0.2) is 0 Å². The first-order valence-electron chi connectivity index (χ1n) is 4.75. The summed E-state index contributed by atoms with van der Waals surface area (Å²) in [4.78, 5) is 2.31. The molecule has 0 aromatic carbocycles. The largest absolute Gasteiger partial charge is 0.394 e. The quantitative estimate of drug-likeness (QED) is 0.629. The lowest BCUT2D eigenvalue weighted by atomic mass is 9.93. The Balaban J connectivity index is 2.15. The topological polar surface area (TPSA) is 32.7 Å². The van der Waals surface area contributed by atoms with Gasteiger partial charge in [-0.15, -0.1) is 0 Å². The molecular formula is C10H17NO2. The zero-order chi connectivity index (χ0) is 9.47. The molecule has 0 radical (unpaired) electrons. The Morgan fingerprint density at radius 3 is 3.08 bits per heavy atom. The first kappa shape index (κ1) is 9.19. The molecule has 2 heterocycles. The summed E-state index contributed by atoms with van der Waals surface area (Å²) in [7, 11) is 1.74. The molecule has 0 bridgehead atoms. The molecule has 0 aromatic heterocycles. The van der Waals surface area contributed by atoms with Crippen LogP contribution in [0.1, 0.15) is 12.8 Å². The molecule has 0 saturated carbocycles. The number of ether oxygens (including phenoxy) is 1. The van der Waals surface area contributed by atoms with Gasteiger partial charge in [0.05, 0.1) is 18.2 Å². The summed E-state index contributed by atoms with van der Waals surface area (Å²) in [6.07, 6.45) is 2.17. The van der Waals surface area contributed by atoms with Gasteiger partial charge in [0, 0.05) is 20.2 Å². The van der Waals surface area contributed by atoms with Crippen molar-refractivity contribution in [2.24, 2.45) is 0 Å². The van der Waals surface area contributed by atoms with Crippen LogP contribution in [0.15, 0.2) is 12.2 Å². The third-order valence-corrected chi connectivity index (χ3v) is 3.32. The second-order valence-electron chi connectivity index (χ2n) is 4.25. The summed E-state index contributed by atoms with van der Waals surface area (Å²) in [6.45, 7) is 6.09. The van der Waals surface area contributed by atoms with Gasteiger partial charge in [-0.2, -0.15) is 0 Å². The highest BCUT2D eigenvalue weighted by atomic mass is 16.5. The predicted molar refractivity (Wildman–Crippen MR) is 50.6 cm³/mol. The third kappa shape index (κ3) is 1.31. The molecule has 3 heteroatoms. The molecule has 0 spiro atoms. The van der Waals surface area contributed by atoms with Crippen LogP contribution in [0.25, 0.3) is 0 Å². The van der Waals surface area contributed by atoms with Gasteiger partial charge in [0.2, 0.25) is 0 Å². The summed E-state index contributed by atoms with van der Waals surface area (Å²) in [5.74, 6) is 0. The molecule has 0 aliphatic carbocycles. The maximum absolute atomic E-state index is 9.42. The Bertz CT molecular complexity index is 229. The molecule has 2 rings (SSSR count). The summed E-state index contributed by atoms with van der Waals surface area (Å²) in [5, 5.41) is 9.42. The van der Waals surface area contributed by atoms with E-state index in [2.05, 4.69) is 11.5 Å². The van der Waals surface area contributed by atoms with Gasteiger partial charge < -0.3 is 9.84 Å². The van der Waals surface area contributed by atoms with E-state index in [1.807, 2.05) is 0 Å². The van der Waals surface area contributed by atoms with Crippen molar-refractivity contribution in [1.82, 2.24) is 4.90 Å². The lowest BCUT2D eigenvalue weighted by Crippen LogP contribution is -2.41. The van der Waals surface area contributed by atoms with Crippen molar-refractivity contribution < 1.29 is 9.84 Å². The van der Waals surface area contributed by atoms with Crippen molar-refractivity contribution in [3.63, 3.8) is 0 Å². The first-order valence-corrected chi connectivity index (χ1v) is 4.75. The fourth-order valence-electron chi connectivity index (χ4n) is 2.64. The molecule has 13 heavy (non-hydrogen) atoms. The molecule has 2 atom stereocenters. The van der Waals surface area contributed by atoms with Gasteiger partial charge in [0.1, 0.15) is 0 Å². The third-order valence-electron chi connectivity index (χ3n) is 3.32. The van der Waals surface area contributed by atoms with Crippen molar-refractivity contribution in [1.29, 1.82) is 0 Å². The van der Waals surface area contributed by atoms with Gasteiger partial charge in [0.15, 0.2) is 0 Å². The van der Waals surface area contributed by atoms with Gasteiger partial charge in [-0.1, -0.05) is 12.2 Å². The van der Waals surface area contributed by atoms with Gasteiger partial charge in [-0.05, 0) is 12.8 Å². The molecule has 1 N–H and O–H groups in total. The van der Waals surface area contributed by atoms with Crippen LogP contribution in [0.3, 0.4) is 0 Å². The zero-order valence-electron chi connectivity index (χ0n) is 8.12. The van der Waals surface area contributed by atoms with E-state index in [1.54, 1.807) is 7.11 Å².